The third-order valence-corrected chi connectivity index (χ3v) is 4.88. The fourth-order valence-electron chi connectivity index (χ4n) is 3.57. The predicted octanol–water partition coefficient (Wildman–Crippen LogP) is 2.44. The second kappa shape index (κ2) is 7.36. The molecule has 0 aliphatic carbocycles. The molecular weight excluding hydrogens is 296 g/mol. The topological polar surface area (TPSA) is 74.9 Å². The maximum absolute atomic E-state index is 12.5. The number of urea groups is 1. The molecular formula is C17H26N2O4. The lowest BCUT2D eigenvalue weighted by Gasteiger charge is -2.29. The van der Waals surface area contributed by atoms with Crippen molar-refractivity contribution in [1.29, 1.82) is 0 Å². The summed E-state index contributed by atoms with van der Waals surface area (Å²) in [5.74, 6) is 0.560. The summed E-state index contributed by atoms with van der Waals surface area (Å²) in [6, 6.07) is 3.54. The van der Waals surface area contributed by atoms with E-state index in [9.17, 15) is 9.90 Å². The number of furan rings is 1. The highest BCUT2D eigenvalue weighted by Crippen LogP contribution is 2.28. The predicted molar refractivity (Wildman–Crippen MR) is 85.0 cm³/mol. The summed E-state index contributed by atoms with van der Waals surface area (Å²) in [4.78, 5) is 14.4. The third-order valence-electron chi connectivity index (χ3n) is 4.88. The van der Waals surface area contributed by atoms with Gasteiger partial charge in [-0.2, -0.15) is 0 Å². The number of carbonyl (C=O) groups is 1. The molecule has 0 aromatic carbocycles. The number of likely N-dealkylation sites (tertiary alicyclic amines) is 1. The van der Waals surface area contributed by atoms with Crippen molar-refractivity contribution in [3.8, 4) is 0 Å². The van der Waals surface area contributed by atoms with Crippen molar-refractivity contribution in [3.63, 3.8) is 0 Å². The number of aliphatic hydroxyl groups is 1. The van der Waals surface area contributed by atoms with Crippen LogP contribution in [0.4, 0.5) is 4.79 Å². The van der Waals surface area contributed by atoms with Gasteiger partial charge in [-0.25, -0.2) is 4.79 Å². The van der Waals surface area contributed by atoms with Gasteiger partial charge in [0.25, 0.3) is 0 Å². The number of aliphatic hydroxyl groups excluding tert-OH is 1. The van der Waals surface area contributed by atoms with Crippen LogP contribution in [0.1, 0.15) is 50.9 Å². The second-order valence-electron chi connectivity index (χ2n) is 6.55. The van der Waals surface area contributed by atoms with Crippen molar-refractivity contribution in [3.05, 3.63) is 24.2 Å². The lowest BCUT2D eigenvalue weighted by atomic mass is 10.1. The number of nitrogens with one attached hydrogen (secondary N) is 1. The molecule has 128 valence electrons. The van der Waals surface area contributed by atoms with E-state index < -0.39 is 6.10 Å². The van der Waals surface area contributed by atoms with Crippen LogP contribution in [0.15, 0.2) is 22.8 Å². The van der Waals surface area contributed by atoms with Crippen LogP contribution < -0.4 is 5.32 Å². The minimum atomic E-state index is -0.668. The standard InChI is InChI=1S/C17H26N2O4/c1-12(15-6-3-9-22-15)18-17(21)19-8-2-5-13(19)11-14(20)16-7-4-10-23-16/h4,7,10,12-15,20H,2-3,5-6,8-9,11H2,1H3,(H,18,21). The smallest absolute Gasteiger partial charge is 0.317 e. The summed E-state index contributed by atoms with van der Waals surface area (Å²) in [7, 11) is 0. The number of rotatable bonds is 5. The normalized spacial score (nSPS) is 27.1. The van der Waals surface area contributed by atoms with Crippen molar-refractivity contribution in [2.24, 2.45) is 0 Å². The van der Waals surface area contributed by atoms with Gasteiger partial charge in [-0.1, -0.05) is 0 Å². The minimum absolute atomic E-state index is 0.0150. The molecule has 1 aromatic rings. The summed E-state index contributed by atoms with van der Waals surface area (Å²) in [6.45, 7) is 3.52. The molecule has 4 unspecified atom stereocenters. The van der Waals surface area contributed by atoms with E-state index in [0.717, 1.165) is 38.8 Å². The molecule has 6 heteroatoms. The van der Waals surface area contributed by atoms with Crippen molar-refractivity contribution < 1.29 is 19.1 Å². The summed E-state index contributed by atoms with van der Waals surface area (Å²) < 4.78 is 10.9. The SMILES string of the molecule is CC(NC(=O)N1CCCC1CC(O)c1ccco1)C1CCCO1. The first kappa shape index (κ1) is 16.3. The minimum Gasteiger partial charge on any atom is -0.467 e. The maximum Gasteiger partial charge on any atom is 0.317 e. The van der Waals surface area contributed by atoms with Gasteiger partial charge in [-0.15, -0.1) is 0 Å². The number of hydrogen-bond donors (Lipinski definition) is 2. The monoisotopic (exact) mass is 322 g/mol. The van der Waals surface area contributed by atoms with Crippen LogP contribution in [0, 0.1) is 0 Å². The van der Waals surface area contributed by atoms with Gasteiger partial charge in [0.05, 0.1) is 18.4 Å². The Bertz CT molecular complexity index is 499. The second-order valence-corrected chi connectivity index (χ2v) is 6.55. The zero-order valence-electron chi connectivity index (χ0n) is 13.6. The number of hydrogen-bond acceptors (Lipinski definition) is 4. The van der Waals surface area contributed by atoms with Gasteiger partial charge in [0.15, 0.2) is 0 Å². The Balaban J connectivity index is 1.54. The first-order valence-corrected chi connectivity index (χ1v) is 8.55. The maximum atomic E-state index is 12.5. The summed E-state index contributed by atoms with van der Waals surface area (Å²) in [5, 5.41) is 13.3. The molecule has 0 saturated carbocycles. The van der Waals surface area contributed by atoms with Crippen LogP contribution >= 0.6 is 0 Å². The quantitative estimate of drug-likeness (QED) is 0.873. The van der Waals surface area contributed by atoms with Crippen molar-refractivity contribution in [2.75, 3.05) is 13.2 Å². The van der Waals surface area contributed by atoms with Crippen LogP contribution in [0.5, 0.6) is 0 Å². The van der Waals surface area contributed by atoms with Gasteiger partial charge in [0.1, 0.15) is 11.9 Å². The van der Waals surface area contributed by atoms with Crippen LogP contribution in [-0.4, -0.2) is 47.4 Å². The van der Waals surface area contributed by atoms with Gasteiger partial charge in [0, 0.05) is 25.6 Å². The Kier molecular flexibility index (Phi) is 5.23. The molecule has 3 rings (SSSR count). The lowest BCUT2D eigenvalue weighted by Crippen LogP contribution is -2.49. The fraction of sp³-hybridized carbons (Fsp3) is 0.706. The molecule has 2 fully saturated rings. The lowest BCUT2D eigenvalue weighted by molar-refractivity contribution is 0.0797. The fourth-order valence-corrected chi connectivity index (χ4v) is 3.57. The molecule has 23 heavy (non-hydrogen) atoms. The van der Waals surface area contributed by atoms with E-state index >= 15 is 0 Å². The van der Waals surface area contributed by atoms with Crippen LogP contribution in [0.25, 0.3) is 0 Å². The van der Waals surface area contributed by atoms with E-state index in [4.69, 9.17) is 9.15 Å². The molecule has 2 N–H and O–H groups in total. The molecule has 0 spiro atoms. The van der Waals surface area contributed by atoms with Gasteiger partial charge < -0.3 is 24.5 Å². The van der Waals surface area contributed by atoms with Gasteiger partial charge in [-0.05, 0) is 44.7 Å². The molecule has 2 aliphatic heterocycles. The molecule has 2 amide bonds. The van der Waals surface area contributed by atoms with Crippen LogP contribution in [-0.2, 0) is 4.74 Å². The van der Waals surface area contributed by atoms with Gasteiger partial charge in [-0.3, -0.25) is 0 Å². The number of amides is 2. The first-order chi connectivity index (χ1) is 11.1. The Morgan fingerprint density at radius 3 is 3.04 bits per heavy atom. The van der Waals surface area contributed by atoms with Crippen LogP contribution in [0.2, 0.25) is 0 Å². The molecule has 2 aliphatic rings. The highest BCUT2D eigenvalue weighted by atomic mass is 16.5. The van der Waals surface area contributed by atoms with E-state index in [1.807, 2.05) is 11.8 Å². The van der Waals surface area contributed by atoms with E-state index in [1.54, 1.807) is 18.4 Å². The molecule has 0 bridgehead atoms. The summed E-state index contributed by atoms with van der Waals surface area (Å²) in [6.07, 6.45) is 5.47. The zero-order valence-corrected chi connectivity index (χ0v) is 13.6. The van der Waals surface area contributed by atoms with E-state index in [-0.39, 0.29) is 24.2 Å². The van der Waals surface area contributed by atoms with Gasteiger partial charge >= 0.3 is 6.03 Å². The van der Waals surface area contributed by atoms with E-state index in [2.05, 4.69) is 5.32 Å². The number of carbonyl (C=O) groups excluding carboxylic acids is 1. The summed E-state index contributed by atoms with van der Waals surface area (Å²) in [5.41, 5.74) is 0. The van der Waals surface area contributed by atoms with Crippen molar-refractivity contribution in [2.45, 2.75) is 63.3 Å². The zero-order chi connectivity index (χ0) is 16.2. The number of ether oxygens (including phenoxy) is 1. The largest absolute Gasteiger partial charge is 0.467 e. The third kappa shape index (κ3) is 3.87. The molecule has 3 heterocycles. The van der Waals surface area contributed by atoms with Crippen molar-refractivity contribution in [1.82, 2.24) is 10.2 Å². The average molecular weight is 322 g/mol. The highest BCUT2D eigenvalue weighted by molar-refractivity contribution is 5.75. The molecule has 0 radical (unpaired) electrons. The van der Waals surface area contributed by atoms with E-state index in [0.29, 0.717) is 12.2 Å². The molecule has 4 atom stereocenters. The Morgan fingerprint density at radius 1 is 1.48 bits per heavy atom. The van der Waals surface area contributed by atoms with Crippen LogP contribution in [0.3, 0.4) is 0 Å². The Labute approximate surface area is 136 Å². The summed E-state index contributed by atoms with van der Waals surface area (Å²) >= 11 is 0. The Hall–Kier alpha value is -1.53. The van der Waals surface area contributed by atoms with Crippen molar-refractivity contribution >= 4 is 6.03 Å². The Morgan fingerprint density at radius 2 is 2.35 bits per heavy atom. The first-order valence-electron chi connectivity index (χ1n) is 8.55. The molecule has 2 saturated heterocycles. The number of nitrogens with zero attached hydrogens (tertiary/aromatic N) is 1. The molecule has 1 aromatic heterocycles. The average Bonchev–Trinajstić information content (AvgIpc) is 3.28. The van der Waals surface area contributed by atoms with E-state index in [1.165, 1.54) is 0 Å². The highest BCUT2D eigenvalue weighted by Gasteiger charge is 2.33. The van der Waals surface area contributed by atoms with Gasteiger partial charge in [0.2, 0.25) is 0 Å². The molecule has 6 nitrogen and oxygen atoms in total.